The zero-order valence-electron chi connectivity index (χ0n) is 30.8. The van der Waals surface area contributed by atoms with Crippen LogP contribution in [0, 0.1) is 13.8 Å². The third kappa shape index (κ3) is 4.74. The van der Waals surface area contributed by atoms with E-state index in [0.717, 1.165) is 16.7 Å². The summed E-state index contributed by atoms with van der Waals surface area (Å²) in [5.74, 6) is 0.901. The highest BCUT2D eigenvalue weighted by atomic mass is 32.2. The number of methoxy groups -OCH3 is 2. The molecule has 0 aliphatic carbocycles. The Kier molecular flexibility index (Phi) is 8.21. The first kappa shape index (κ1) is 35.3. The molecule has 2 fully saturated rings. The van der Waals surface area contributed by atoms with Crippen LogP contribution in [0.5, 0.6) is 40.2 Å². The Balaban J connectivity index is 1.32. The summed E-state index contributed by atoms with van der Waals surface area (Å²) in [7, 11) is 4.97. The lowest BCUT2D eigenvalue weighted by molar-refractivity contribution is -0.186. The van der Waals surface area contributed by atoms with Crippen LogP contribution in [0.15, 0.2) is 18.2 Å². The summed E-state index contributed by atoms with van der Waals surface area (Å²) in [6.45, 7) is 5.26. The molecule has 0 unspecified atom stereocenters. The van der Waals surface area contributed by atoms with E-state index in [2.05, 4.69) is 10.2 Å². The van der Waals surface area contributed by atoms with Crippen molar-refractivity contribution in [1.82, 2.24) is 15.1 Å². The molecule has 15 heteroatoms. The Labute approximate surface area is 316 Å². The Morgan fingerprint density at radius 1 is 1.02 bits per heavy atom. The Hall–Kier alpha value is -4.41. The largest absolute Gasteiger partial charge is 0.504 e. The first-order chi connectivity index (χ1) is 25.9. The van der Waals surface area contributed by atoms with Gasteiger partial charge in [-0.3, -0.25) is 19.9 Å². The van der Waals surface area contributed by atoms with Gasteiger partial charge >= 0.3 is 11.9 Å². The Morgan fingerprint density at radius 2 is 1.80 bits per heavy atom. The second-order valence-electron chi connectivity index (χ2n) is 14.9. The standard InChI is InChI=1S/C39H43N3O11S/c1-16-9-20-10-22-37(46)42-23-13-50-38(47)39(21-12-24(44)25(48-5)11-19(21)7-8-40-39)14-54-36(30(42)29(41(22)4)26(20)31(45)32(16)49-6)28-27(23)35-34(51-15-52-35)17(2)33(28)53-18(3)43/h9,11-12,22-23,29-30,36-37,40,44-46H,7-8,10,13-15H2,1-6H3/t22-,23+,29+,30-,36-,37+,39-/m1/s1. The van der Waals surface area contributed by atoms with Crippen molar-refractivity contribution >= 4 is 23.7 Å². The lowest BCUT2D eigenvalue weighted by Gasteiger charge is -2.62. The van der Waals surface area contributed by atoms with Gasteiger partial charge in [-0.1, -0.05) is 6.07 Å². The third-order valence-electron chi connectivity index (χ3n) is 12.3. The summed E-state index contributed by atoms with van der Waals surface area (Å²) in [5, 5.41) is 38.4. The van der Waals surface area contributed by atoms with Crippen molar-refractivity contribution in [2.45, 2.75) is 74.8 Å². The predicted molar refractivity (Wildman–Crippen MR) is 195 cm³/mol. The molecular formula is C39H43N3O11S. The van der Waals surface area contributed by atoms with E-state index in [1.165, 1.54) is 32.9 Å². The molecule has 0 radical (unpaired) electrons. The number of aryl methyl sites for hydroxylation is 1. The van der Waals surface area contributed by atoms with Crippen molar-refractivity contribution in [2.75, 3.05) is 47.0 Å². The third-order valence-corrected chi connectivity index (χ3v) is 13.7. The normalized spacial score (nSPS) is 29.4. The number of nitrogens with zero attached hydrogens (tertiary/aromatic N) is 2. The number of hydrogen-bond donors (Lipinski definition) is 4. The number of phenols is 2. The average molecular weight is 762 g/mol. The molecule has 10 rings (SSSR count). The minimum atomic E-state index is -1.38. The number of aliphatic hydroxyl groups is 1. The number of ether oxygens (including phenoxy) is 6. The van der Waals surface area contributed by atoms with Gasteiger partial charge in [0.1, 0.15) is 18.6 Å². The number of benzene rings is 3. The molecule has 14 nitrogen and oxygen atoms in total. The zero-order chi connectivity index (χ0) is 38.0. The molecule has 54 heavy (non-hydrogen) atoms. The van der Waals surface area contributed by atoms with Crippen LogP contribution in [-0.2, 0) is 32.7 Å². The number of fused-ring (bicyclic) bond motifs is 9. The van der Waals surface area contributed by atoms with Crippen LogP contribution >= 0.6 is 11.8 Å². The van der Waals surface area contributed by atoms with Crippen molar-refractivity contribution in [3.05, 3.63) is 62.7 Å². The number of carbonyl (C=O) groups is 2. The molecule has 4 N–H and O–H groups in total. The number of nitrogens with one attached hydrogen (secondary N) is 1. The quantitative estimate of drug-likeness (QED) is 0.226. The first-order valence-electron chi connectivity index (χ1n) is 18.1. The van der Waals surface area contributed by atoms with Crippen LogP contribution in [0.2, 0.25) is 0 Å². The van der Waals surface area contributed by atoms with Gasteiger partial charge in [0.05, 0.1) is 37.6 Å². The summed E-state index contributed by atoms with van der Waals surface area (Å²) in [6, 6.07) is 3.12. The summed E-state index contributed by atoms with van der Waals surface area (Å²) in [5.41, 5.74) is 4.31. The van der Waals surface area contributed by atoms with Gasteiger partial charge in [0.2, 0.25) is 6.79 Å². The van der Waals surface area contributed by atoms with Crippen LogP contribution in [0.1, 0.15) is 68.8 Å². The minimum Gasteiger partial charge on any atom is -0.504 e. The van der Waals surface area contributed by atoms with Crippen molar-refractivity contribution in [3.8, 4) is 40.2 Å². The second kappa shape index (κ2) is 12.6. The lowest BCUT2D eigenvalue weighted by atomic mass is 9.73. The fraction of sp³-hybridized carbons (Fsp3) is 0.487. The highest BCUT2D eigenvalue weighted by molar-refractivity contribution is 7.99. The van der Waals surface area contributed by atoms with Crippen molar-refractivity contribution in [2.24, 2.45) is 0 Å². The van der Waals surface area contributed by atoms with Crippen LogP contribution in [-0.4, -0.2) is 102 Å². The van der Waals surface area contributed by atoms with E-state index in [1.807, 2.05) is 31.9 Å². The maximum Gasteiger partial charge on any atom is 0.331 e. The number of thioether (sulfide) groups is 1. The number of aromatic hydroxyl groups is 2. The topological polar surface area (TPSA) is 169 Å². The highest BCUT2D eigenvalue weighted by Crippen LogP contribution is 2.64. The molecule has 3 aromatic rings. The zero-order valence-corrected chi connectivity index (χ0v) is 31.7. The summed E-state index contributed by atoms with van der Waals surface area (Å²) >= 11 is 1.46. The van der Waals surface area contributed by atoms with Crippen molar-refractivity contribution < 1.29 is 53.3 Å². The maximum absolute atomic E-state index is 14.7. The molecule has 1 spiro atoms. The SMILES string of the molecule is COc1cc2c(cc1O)[C@@]1(CS[C@@H]3c4c(OC(C)=O)c(C)c5c(c4[C@H](COC1=O)N1[C@@H]3[C@@H]3c4c(cc(C)c(OC)c4O)C[C@H]([C@@H]1O)N3C)OCO5)NCC2. The molecule has 7 atom stereocenters. The first-order valence-corrected chi connectivity index (χ1v) is 19.1. The number of aliphatic hydroxyl groups excluding tert-OH is 1. The Morgan fingerprint density at radius 3 is 2.54 bits per heavy atom. The summed E-state index contributed by atoms with van der Waals surface area (Å²) < 4.78 is 35.8. The molecule has 7 aliphatic rings. The number of likely N-dealkylation sites (N-methyl/N-ethyl adjacent to an activating group) is 1. The minimum absolute atomic E-state index is 0.0367. The number of phenolic OH excluding ortho intramolecular Hbond substituents is 2. The van der Waals surface area contributed by atoms with Crippen LogP contribution < -0.4 is 29.0 Å². The number of esters is 2. The van der Waals surface area contributed by atoms with Crippen molar-refractivity contribution in [3.63, 3.8) is 0 Å². The van der Waals surface area contributed by atoms with Crippen LogP contribution in [0.25, 0.3) is 0 Å². The van der Waals surface area contributed by atoms with E-state index >= 15 is 0 Å². The van der Waals surface area contributed by atoms with Crippen LogP contribution in [0.3, 0.4) is 0 Å². The van der Waals surface area contributed by atoms with E-state index in [9.17, 15) is 24.9 Å². The van der Waals surface area contributed by atoms with E-state index in [4.69, 9.17) is 28.4 Å². The van der Waals surface area contributed by atoms with Gasteiger partial charge in [-0.15, -0.1) is 11.8 Å². The summed E-state index contributed by atoms with van der Waals surface area (Å²) in [6.07, 6.45) is -0.00569. The van der Waals surface area contributed by atoms with Gasteiger partial charge < -0.3 is 43.7 Å². The van der Waals surface area contributed by atoms with Gasteiger partial charge in [-0.25, -0.2) is 4.79 Å². The molecule has 286 valence electrons. The van der Waals surface area contributed by atoms with E-state index in [0.29, 0.717) is 76.0 Å². The molecular weight excluding hydrogens is 719 g/mol. The maximum atomic E-state index is 14.7. The molecule has 7 heterocycles. The molecule has 3 aromatic carbocycles. The molecule has 4 bridgehead atoms. The van der Waals surface area contributed by atoms with Crippen molar-refractivity contribution in [1.29, 1.82) is 0 Å². The van der Waals surface area contributed by atoms with Gasteiger partial charge in [0.25, 0.3) is 0 Å². The highest BCUT2D eigenvalue weighted by Gasteiger charge is 2.61. The fourth-order valence-electron chi connectivity index (χ4n) is 9.99. The number of piperazine rings is 1. The van der Waals surface area contributed by atoms with Gasteiger partial charge in [-0.05, 0) is 68.1 Å². The molecule has 0 amide bonds. The van der Waals surface area contributed by atoms with E-state index < -0.39 is 47.1 Å². The molecule has 0 saturated carbocycles. The van der Waals surface area contributed by atoms with Gasteiger partial charge in [-0.2, -0.15) is 0 Å². The molecule has 0 aromatic heterocycles. The lowest BCUT2D eigenvalue weighted by Crippen LogP contribution is -2.70. The van der Waals surface area contributed by atoms with Gasteiger partial charge in [0, 0.05) is 47.5 Å². The number of rotatable bonds is 3. The van der Waals surface area contributed by atoms with E-state index in [1.54, 1.807) is 12.1 Å². The van der Waals surface area contributed by atoms with Gasteiger partial charge in [0.15, 0.2) is 40.0 Å². The predicted octanol–water partition coefficient (Wildman–Crippen LogP) is 3.41. The Bertz CT molecular complexity index is 2130. The number of hydrogen-bond acceptors (Lipinski definition) is 15. The summed E-state index contributed by atoms with van der Waals surface area (Å²) in [4.78, 5) is 31.7. The average Bonchev–Trinajstić information content (AvgIpc) is 3.63. The van der Waals surface area contributed by atoms with E-state index in [-0.39, 0.29) is 36.7 Å². The smallest absolute Gasteiger partial charge is 0.331 e. The fourth-order valence-corrected chi connectivity index (χ4v) is 11.7. The second-order valence-corrected chi connectivity index (χ2v) is 16.1. The number of carbonyl (C=O) groups excluding carboxylic acids is 2. The molecule has 2 saturated heterocycles. The van der Waals surface area contributed by atoms with Crippen LogP contribution in [0.4, 0.5) is 0 Å². The molecule has 7 aliphatic heterocycles. The monoisotopic (exact) mass is 761 g/mol.